The normalized spacial score (nSPS) is 20.7. The average molecular weight is 400 g/mol. The van der Waals surface area contributed by atoms with Gasteiger partial charge in [-0.3, -0.25) is 14.3 Å². The van der Waals surface area contributed by atoms with Crippen LogP contribution in [0.4, 0.5) is 0 Å². The van der Waals surface area contributed by atoms with Crippen molar-refractivity contribution in [3.8, 4) is 11.8 Å². The molecule has 1 aliphatic heterocycles. The molecule has 2 aromatic rings. The molecule has 1 saturated heterocycles. The van der Waals surface area contributed by atoms with E-state index in [1.807, 2.05) is 6.92 Å². The maximum absolute atomic E-state index is 12.0. The van der Waals surface area contributed by atoms with Crippen LogP contribution in [0.25, 0.3) is 0 Å². The van der Waals surface area contributed by atoms with Crippen LogP contribution in [0, 0.1) is 18.8 Å². The number of nitrogens with one attached hydrogen (secondary N) is 1. The number of benzene rings is 1. The number of carbonyl (C=O) groups excluding carboxylic acids is 1. The smallest absolute Gasteiger partial charge is 0.339 e. The number of aryl methyl sites for hydroxylation is 1. The Morgan fingerprint density at radius 1 is 1.34 bits per heavy atom. The zero-order valence-electron chi connectivity index (χ0n) is 15.6. The number of carbonyl (C=O) groups is 1. The molecule has 3 unspecified atom stereocenters. The fraction of sp³-hybridized carbons (Fsp3) is 0.350. The summed E-state index contributed by atoms with van der Waals surface area (Å²) in [7, 11) is 0. The van der Waals surface area contributed by atoms with E-state index in [4.69, 9.17) is 14.6 Å². The van der Waals surface area contributed by atoms with Crippen molar-refractivity contribution in [3.63, 3.8) is 0 Å². The predicted molar refractivity (Wildman–Crippen MR) is 101 cm³/mol. The molecule has 1 aromatic heterocycles. The third kappa shape index (κ3) is 4.81. The summed E-state index contributed by atoms with van der Waals surface area (Å²) in [5.74, 6) is 4.58. The first kappa shape index (κ1) is 20.5. The maximum Gasteiger partial charge on any atom is 0.339 e. The monoisotopic (exact) mass is 400 g/mol. The number of H-pyrrole nitrogens is 1. The van der Waals surface area contributed by atoms with E-state index >= 15 is 0 Å². The van der Waals surface area contributed by atoms with Gasteiger partial charge in [-0.1, -0.05) is 29.5 Å². The lowest BCUT2D eigenvalue weighted by Crippen LogP contribution is -2.33. The van der Waals surface area contributed by atoms with Gasteiger partial charge in [0.05, 0.1) is 18.3 Å². The van der Waals surface area contributed by atoms with Crippen LogP contribution in [0.5, 0.6) is 0 Å². The van der Waals surface area contributed by atoms with Gasteiger partial charge in [-0.05, 0) is 19.1 Å². The lowest BCUT2D eigenvalue weighted by molar-refractivity contribution is -0.0459. The molecule has 3 atom stereocenters. The number of ether oxygens (including phenoxy) is 2. The number of hydrogen-bond acceptors (Lipinski definition) is 7. The van der Waals surface area contributed by atoms with Crippen molar-refractivity contribution in [2.75, 3.05) is 13.2 Å². The standard InChI is InChI=1S/C20H20N2O7/c1-12-4-6-13(7-5-12)19(26)28-8-2-3-14-10-22(20(27)21-18(14)25)17-9-15(24)16(11-23)29-17/h4-7,10,15-17,23-24H,8-9,11H2,1H3,(H,21,25,27). The third-order valence-corrected chi connectivity index (χ3v) is 4.45. The van der Waals surface area contributed by atoms with E-state index in [1.54, 1.807) is 24.3 Å². The SMILES string of the molecule is Cc1ccc(C(=O)OCC#Cc2cn(C3CC(O)C(CO)O3)c(=O)[nH]c2=O)cc1. The van der Waals surface area contributed by atoms with Gasteiger partial charge in [0.1, 0.15) is 17.9 Å². The van der Waals surface area contributed by atoms with Crippen molar-refractivity contribution in [2.24, 2.45) is 0 Å². The summed E-state index contributed by atoms with van der Waals surface area (Å²) in [4.78, 5) is 38.1. The molecule has 0 spiro atoms. The molecule has 9 heteroatoms. The Morgan fingerprint density at radius 3 is 2.72 bits per heavy atom. The van der Waals surface area contributed by atoms with E-state index < -0.39 is 42.3 Å². The van der Waals surface area contributed by atoms with Gasteiger partial charge in [-0.15, -0.1) is 0 Å². The van der Waals surface area contributed by atoms with Crippen molar-refractivity contribution in [2.45, 2.75) is 31.8 Å². The number of hydrogen-bond donors (Lipinski definition) is 3. The molecule has 1 aliphatic rings. The molecule has 3 rings (SSSR count). The molecular weight excluding hydrogens is 380 g/mol. The van der Waals surface area contributed by atoms with Gasteiger partial charge in [-0.25, -0.2) is 9.59 Å². The molecule has 0 aliphatic carbocycles. The van der Waals surface area contributed by atoms with Crippen molar-refractivity contribution in [3.05, 3.63) is 68.0 Å². The number of aromatic amines is 1. The highest BCUT2D eigenvalue weighted by atomic mass is 16.5. The Labute approximate surface area is 165 Å². The van der Waals surface area contributed by atoms with Gasteiger partial charge >= 0.3 is 11.7 Å². The largest absolute Gasteiger partial charge is 0.449 e. The van der Waals surface area contributed by atoms with E-state index in [1.165, 1.54) is 6.20 Å². The Balaban J connectivity index is 1.70. The Bertz CT molecular complexity index is 1060. The lowest BCUT2D eigenvalue weighted by atomic mass is 10.1. The lowest BCUT2D eigenvalue weighted by Gasteiger charge is -2.14. The average Bonchev–Trinajstić information content (AvgIpc) is 3.07. The van der Waals surface area contributed by atoms with Gasteiger partial charge in [0, 0.05) is 12.6 Å². The van der Waals surface area contributed by atoms with Gasteiger partial charge in [0.25, 0.3) is 5.56 Å². The minimum absolute atomic E-state index is 0.0264. The van der Waals surface area contributed by atoms with Crippen LogP contribution in [0.1, 0.15) is 34.1 Å². The summed E-state index contributed by atoms with van der Waals surface area (Å²) in [5.41, 5.74) is -0.0385. The van der Waals surface area contributed by atoms with Crippen molar-refractivity contribution < 1.29 is 24.5 Å². The third-order valence-electron chi connectivity index (χ3n) is 4.45. The molecular formula is C20H20N2O7. The summed E-state index contributed by atoms with van der Waals surface area (Å²) in [6.07, 6.45) is -1.29. The molecule has 1 fully saturated rings. The molecule has 152 valence electrons. The first-order valence-corrected chi connectivity index (χ1v) is 8.91. The minimum Gasteiger partial charge on any atom is -0.449 e. The van der Waals surface area contributed by atoms with E-state index in [9.17, 15) is 19.5 Å². The topological polar surface area (TPSA) is 131 Å². The van der Waals surface area contributed by atoms with Gasteiger partial charge in [0.15, 0.2) is 6.61 Å². The highest BCUT2D eigenvalue weighted by molar-refractivity contribution is 5.89. The molecule has 29 heavy (non-hydrogen) atoms. The second kappa shape index (κ2) is 8.87. The van der Waals surface area contributed by atoms with E-state index in [-0.39, 0.29) is 18.6 Å². The molecule has 3 N–H and O–H groups in total. The van der Waals surface area contributed by atoms with Crippen molar-refractivity contribution in [1.82, 2.24) is 9.55 Å². The number of aromatic nitrogens is 2. The molecule has 0 amide bonds. The predicted octanol–water partition coefficient (Wildman–Crippen LogP) is -0.306. The molecule has 0 radical (unpaired) electrons. The van der Waals surface area contributed by atoms with E-state index in [0.29, 0.717) is 5.56 Å². The first-order valence-electron chi connectivity index (χ1n) is 8.91. The van der Waals surface area contributed by atoms with Crippen LogP contribution < -0.4 is 11.2 Å². The molecule has 1 aromatic carbocycles. The maximum atomic E-state index is 12.0. The Hall–Kier alpha value is -3.19. The first-order chi connectivity index (χ1) is 13.9. The highest BCUT2D eigenvalue weighted by Crippen LogP contribution is 2.27. The van der Waals surface area contributed by atoms with Gasteiger partial charge < -0.3 is 19.7 Å². The van der Waals surface area contributed by atoms with E-state index in [0.717, 1.165) is 10.1 Å². The Morgan fingerprint density at radius 2 is 2.07 bits per heavy atom. The number of aliphatic hydroxyl groups excluding tert-OH is 2. The van der Waals surface area contributed by atoms with Crippen molar-refractivity contribution >= 4 is 5.97 Å². The van der Waals surface area contributed by atoms with E-state index in [2.05, 4.69) is 16.8 Å². The van der Waals surface area contributed by atoms with Crippen LogP contribution in [0.3, 0.4) is 0 Å². The summed E-state index contributed by atoms with van der Waals surface area (Å²) in [6, 6.07) is 6.85. The van der Waals surface area contributed by atoms with Crippen LogP contribution in [-0.2, 0) is 9.47 Å². The highest BCUT2D eigenvalue weighted by Gasteiger charge is 2.35. The number of nitrogens with zero attached hydrogens (tertiary/aromatic N) is 1. The summed E-state index contributed by atoms with van der Waals surface area (Å²) in [5, 5.41) is 19.0. The van der Waals surface area contributed by atoms with Crippen LogP contribution in [-0.4, -0.2) is 51.2 Å². The number of rotatable bonds is 4. The molecule has 0 bridgehead atoms. The zero-order valence-corrected chi connectivity index (χ0v) is 15.6. The second-order valence-electron chi connectivity index (χ2n) is 6.57. The fourth-order valence-corrected chi connectivity index (χ4v) is 2.84. The molecule has 0 saturated carbocycles. The Kier molecular flexibility index (Phi) is 6.29. The number of aliphatic hydroxyl groups is 2. The summed E-state index contributed by atoms with van der Waals surface area (Å²) < 4.78 is 11.6. The van der Waals surface area contributed by atoms with Gasteiger partial charge in [-0.2, -0.15) is 0 Å². The quantitative estimate of drug-likeness (QED) is 0.474. The fourth-order valence-electron chi connectivity index (χ4n) is 2.84. The summed E-state index contributed by atoms with van der Waals surface area (Å²) >= 11 is 0. The minimum atomic E-state index is -0.931. The van der Waals surface area contributed by atoms with Gasteiger partial charge in [0.2, 0.25) is 0 Å². The zero-order chi connectivity index (χ0) is 21.0. The van der Waals surface area contributed by atoms with Crippen molar-refractivity contribution in [1.29, 1.82) is 0 Å². The van der Waals surface area contributed by atoms with Crippen LogP contribution in [0.2, 0.25) is 0 Å². The van der Waals surface area contributed by atoms with Crippen LogP contribution in [0.15, 0.2) is 40.1 Å². The van der Waals surface area contributed by atoms with Crippen LogP contribution >= 0.6 is 0 Å². The number of esters is 1. The molecule has 9 nitrogen and oxygen atoms in total. The summed E-state index contributed by atoms with van der Waals surface area (Å²) in [6.45, 7) is 1.27. The second-order valence-corrected chi connectivity index (χ2v) is 6.57. The molecule has 2 heterocycles.